The highest BCUT2D eigenvalue weighted by molar-refractivity contribution is 5.88. The van der Waals surface area contributed by atoms with Crippen LogP contribution in [0.3, 0.4) is 0 Å². The maximum atomic E-state index is 12.1. The second-order valence-electron chi connectivity index (χ2n) is 5.09. The Morgan fingerprint density at radius 2 is 2.05 bits per heavy atom. The smallest absolute Gasteiger partial charge is 0.335 e. The molecule has 0 spiro atoms. The molecule has 0 aliphatic carbocycles. The van der Waals surface area contributed by atoms with Gasteiger partial charge in [-0.15, -0.1) is 0 Å². The van der Waals surface area contributed by atoms with E-state index in [1.165, 1.54) is 6.92 Å². The van der Waals surface area contributed by atoms with E-state index < -0.39 is 5.97 Å². The minimum atomic E-state index is -0.966. The lowest BCUT2D eigenvalue weighted by molar-refractivity contribution is -0.132. The van der Waals surface area contributed by atoms with E-state index in [0.717, 1.165) is 17.5 Å². The number of amides is 2. The molecule has 0 bridgehead atoms. The van der Waals surface area contributed by atoms with Crippen molar-refractivity contribution in [3.63, 3.8) is 0 Å². The Morgan fingerprint density at radius 3 is 2.71 bits per heavy atom. The highest BCUT2D eigenvalue weighted by Crippen LogP contribution is 2.21. The van der Waals surface area contributed by atoms with Crippen molar-refractivity contribution >= 4 is 17.8 Å². The lowest BCUT2D eigenvalue weighted by Crippen LogP contribution is -2.37. The van der Waals surface area contributed by atoms with Crippen LogP contribution < -0.4 is 5.32 Å². The van der Waals surface area contributed by atoms with Gasteiger partial charge in [0.2, 0.25) is 11.8 Å². The minimum Gasteiger partial charge on any atom is -0.478 e. The van der Waals surface area contributed by atoms with Crippen molar-refractivity contribution in [3.8, 4) is 0 Å². The Labute approximate surface area is 122 Å². The number of benzene rings is 1. The Balaban J connectivity index is 2.00. The Bertz CT molecular complexity index is 583. The minimum absolute atomic E-state index is 0.0323. The van der Waals surface area contributed by atoms with E-state index >= 15 is 0 Å². The van der Waals surface area contributed by atoms with Gasteiger partial charge in [0.1, 0.15) is 0 Å². The number of nitrogens with zero attached hydrogens (tertiary/aromatic N) is 1. The third-order valence-corrected chi connectivity index (χ3v) is 3.53. The van der Waals surface area contributed by atoms with E-state index in [9.17, 15) is 14.4 Å². The molecule has 0 saturated carbocycles. The zero-order valence-corrected chi connectivity index (χ0v) is 11.9. The second kappa shape index (κ2) is 6.39. The fraction of sp³-hybridized carbons (Fsp3) is 0.400. The van der Waals surface area contributed by atoms with E-state index in [4.69, 9.17) is 5.11 Å². The molecule has 2 rings (SSSR count). The van der Waals surface area contributed by atoms with Gasteiger partial charge in [0.15, 0.2) is 0 Å². The summed E-state index contributed by atoms with van der Waals surface area (Å²) in [7, 11) is 0. The van der Waals surface area contributed by atoms with Gasteiger partial charge in [-0.1, -0.05) is 6.07 Å². The summed E-state index contributed by atoms with van der Waals surface area (Å²) in [5.41, 5.74) is 2.21. The van der Waals surface area contributed by atoms with Crippen molar-refractivity contribution < 1.29 is 19.5 Å². The molecule has 1 heterocycles. The van der Waals surface area contributed by atoms with E-state index in [1.807, 2.05) is 6.07 Å². The summed E-state index contributed by atoms with van der Waals surface area (Å²) in [4.78, 5) is 35.5. The SMILES string of the molecule is CC(=O)NCCC(=O)N1CCc2ccc(C(=O)O)cc2C1. The largest absolute Gasteiger partial charge is 0.478 e. The molecule has 112 valence electrons. The molecule has 6 nitrogen and oxygen atoms in total. The Kier molecular flexibility index (Phi) is 4.57. The number of hydrogen-bond acceptors (Lipinski definition) is 3. The fourth-order valence-corrected chi connectivity index (χ4v) is 2.41. The molecule has 0 aromatic heterocycles. The third-order valence-electron chi connectivity index (χ3n) is 3.53. The number of nitrogens with one attached hydrogen (secondary N) is 1. The Hall–Kier alpha value is -2.37. The van der Waals surface area contributed by atoms with Crippen molar-refractivity contribution in [2.45, 2.75) is 26.3 Å². The Morgan fingerprint density at radius 1 is 1.29 bits per heavy atom. The van der Waals surface area contributed by atoms with Crippen LogP contribution in [0.2, 0.25) is 0 Å². The standard InChI is InChI=1S/C15H18N2O4/c1-10(18)16-6-4-14(19)17-7-5-11-2-3-12(15(20)21)8-13(11)9-17/h2-3,8H,4-7,9H2,1H3,(H,16,18)(H,20,21). The topological polar surface area (TPSA) is 86.7 Å². The molecule has 0 atom stereocenters. The van der Waals surface area contributed by atoms with Crippen molar-refractivity contribution in [3.05, 3.63) is 34.9 Å². The quantitative estimate of drug-likeness (QED) is 0.858. The predicted octanol–water partition coefficient (Wildman–Crippen LogP) is 0.796. The number of fused-ring (bicyclic) bond motifs is 1. The van der Waals surface area contributed by atoms with E-state index in [2.05, 4.69) is 5.32 Å². The van der Waals surface area contributed by atoms with Gasteiger partial charge < -0.3 is 15.3 Å². The van der Waals surface area contributed by atoms with Crippen molar-refractivity contribution in [1.29, 1.82) is 0 Å². The number of rotatable bonds is 4. The van der Waals surface area contributed by atoms with Crippen LogP contribution in [0, 0.1) is 0 Å². The number of carboxylic acid groups (broad SMARTS) is 1. The van der Waals surface area contributed by atoms with Gasteiger partial charge in [0, 0.05) is 33.0 Å². The molecule has 0 unspecified atom stereocenters. The van der Waals surface area contributed by atoms with Gasteiger partial charge in [-0.25, -0.2) is 4.79 Å². The average Bonchev–Trinajstić information content (AvgIpc) is 2.45. The molecule has 2 N–H and O–H groups in total. The number of aromatic carboxylic acids is 1. The molecule has 6 heteroatoms. The van der Waals surface area contributed by atoms with Crippen LogP contribution in [0.1, 0.15) is 34.8 Å². The highest BCUT2D eigenvalue weighted by atomic mass is 16.4. The van der Waals surface area contributed by atoms with E-state index in [-0.39, 0.29) is 23.8 Å². The van der Waals surface area contributed by atoms with Crippen molar-refractivity contribution in [2.24, 2.45) is 0 Å². The second-order valence-corrected chi connectivity index (χ2v) is 5.09. The fourth-order valence-electron chi connectivity index (χ4n) is 2.41. The summed E-state index contributed by atoms with van der Waals surface area (Å²) in [6, 6.07) is 5.04. The summed E-state index contributed by atoms with van der Waals surface area (Å²) < 4.78 is 0. The van der Waals surface area contributed by atoms with Crippen molar-refractivity contribution in [1.82, 2.24) is 10.2 Å². The molecule has 1 aliphatic rings. The van der Waals surface area contributed by atoms with E-state index in [1.54, 1.807) is 17.0 Å². The predicted molar refractivity (Wildman–Crippen MR) is 75.8 cm³/mol. The average molecular weight is 290 g/mol. The zero-order valence-electron chi connectivity index (χ0n) is 11.9. The van der Waals surface area contributed by atoms with Gasteiger partial charge in [0.05, 0.1) is 5.56 Å². The molecular formula is C15H18N2O4. The summed E-state index contributed by atoms with van der Waals surface area (Å²) in [5, 5.41) is 11.6. The lowest BCUT2D eigenvalue weighted by atomic mass is 9.97. The van der Waals surface area contributed by atoms with Crippen LogP contribution in [0.4, 0.5) is 0 Å². The number of carbonyl (C=O) groups is 3. The van der Waals surface area contributed by atoms with Crippen LogP contribution in [0.25, 0.3) is 0 Å². The summed E-state index contributed by atoms with van der Waals surface area (Å²) in [5.74, 6) is -1.15. The molecule has 2 amide bonds. The summed E-state index contributed by atoms with van der Waals surface area (Å²) in [6.45, 7) is 2.79. The molecule has 1 aliphatic heterocycles. The number of carbonyl (C=O) groups excluding carboxylic acids is 2. The molecule has 0 fully saturated rings. The van der Waals surface area contributed by atoms with Gasteiger partial charge in [-0.05, 0) is 29.7 Å². The van der Waals surface area contributed by atoms with Crippen molar-refractivity contribution in [2.75, 3.05) is 13.1 Å². The summed E-state index contributed by atoms with van der Waals surface area (Å²) in [6.07, 6.45) is 0.981. The third kappa shape index (κ3) is 3.81. The molecular weight excluding hydrogens is 272 g/mol. The molecule has 21 heavy (non-hydrogen) atoms. The maximum Gasteiger partial charge on any atom is 0.335 e. The molecule has 0 saturated heterocycles. The molecule has 1 aromatic rings. The first kappa shape index (κ1) is 15.0. The summed E-state index contributed by atoms with van der Waals surface area (Å²) >= 11 is 0. The molecule has 1 aromatic carbocycles. The maximum absolute atomic E-state index is 12.1. The van der Waals surface area contributed by atoms with Gasteiger partial charge in [-0.3, -0.25) is 9.59 Å². The zero-order chi connectivity index (χ0) is 15.4. The first-order valence-electron chi connectivity index (χ1n) is 6.84. The number of hydrogen-bond donors (Lipinski definition) is 2. The first-order chi connectivity index (χ1) is 9.97. The van der Waals surface area contributed by atoms with Gasteiger partial charge in [-0.2, -0.15) is 0 Å². The highest BCUT2D eigenvalue weighted by Gasteiger charge is 2.21. The van der Waals surface area contributed by atoms with Gasteiger partial charge >= 0.3 is 5.97 Å². The van der Waals surface area contributed by atoms with Crippen LogP contribution in [-0.2, 0) is 22.6 Å². The number of carboxylic acids is 1. The van der Waals surface area contributed by atoms with Crippen LogP contribution >= 0.6 is 0 Å². The van der Waals surface area contributed by atoms with Crippen LogP contribution in [0.5, 0.6) is 0 Å². The van der Waals surface area contributed by atoms with Crippen LogP contribution in [0.15, 0.2) is 18.2 Å². The normalized spacial score (nSPS) is 13.5. The van der Waals surface area contributed by atoms with Gasteiger partial charge in [0.25, 0.3) is 0 Å². The van der Waals surface area contributed by atoms with E-state index in [0.29, 0.717) is 19.6 Å². The first-order valence-corrected chi connectivity index (χ1v) is 6.84. The monoisotopic (exact) mass is 290 g/mol. The van der Waals surface area contributed by atoms with Crippen LogP contribution in [-0.4, -0.2) is 40.9 Å². The molecule has 0 radical (unpaired) electrons. The lowest BCUT2D eigenvalue weighted by Gasteiger charge is -2.29.